The Morgan fingerprint density at radius 1 is 0.931 bits per heavy atom. The van der Waals surface area contributed by atoms with E-state index in [-0.39, 0.29) is 11.9 Å². The lowest BCUT2D eigenvalue weighted by Gasteiger charge is -2.15. The standard InChI is InChI=1S/C24H21N3O2/c1-18(19-7-11-21(12-8-19)27-16-15-25-17-27)26-24(28)20-9-13-23(14-10-20)29-22-5-3-2-4-6-22/h2-18H,1H3,(H,26,28). The lowest BCUT2D eigenvalue weighted by Crippen LogP contribution is -2.26. The molecule has 1 atom stereocenters. The van der Waals surface area contributed by atoms with E-state index in [1.54, 1.807) is 36.8 Å². The molecule has 0 radical (unpaired) electrons. The van der Waals surface area contributed by atoms with E-state index in [4.69, 9.17) is 4.74 Å². The van der Waals surface area contributed by atoms with Gasteiger partial charge in [0.2, 0.25) is 0 Å². The first-order valence-electron chi connectivity index (χ1n) is 9.41. The number of hydrogen-bond acceptors (Lipinski definition) is 3. The van der Waals surface area contributed by atoms with E-state index in [1.165, 1.54) is 0 Å². The molecule has 1 amide bonds. The van der Waals surface area contributed by atoms with E-state index in [2.05, 4.69) is 10.3 Å². The fourth-order valence-corrected chi connectivity index (χ4v) is 3.01. The molecule has 1 N–H and O–H groups in total. The minimum atomic E-state index is -0.123. The molecule has 4 rings (SSSR count). The fourth-order valence-electron chi connectivity index (χ4n) is 3.01. The maximum Gasteiger partial charge on any atom is 0.251 e. The predicted octanol–water partition coefficient (Wildman–Crippen LogP) is 5.16. The Morgan fingerprint density at radius 3 is 2.28 bits per heavy atom. The van der Waals surface area contributed by atoms with E-state index in [1.807, 2.05) is 72.3 Å². The number of imidazole rings is 1. The number of carbonyl (C=O) groups excluding carboxylic acids is 1. The van der Waals surface area contributed by atoms with E-state index in [0.717, 1.165) is 17.0 Å². The van der Waals surface area contributed by atoms with Crippen molar-refractivity contribution in [3.8, 4) is 17.2 Å². The van der Waals surface area contributed by atoms with Crippen LogP contribution in [0.4, 0.5) is 0 Å². The minimum absolute atomic E-state index is 0.111. The van der Waals surface area contributed by atoms with E-state index in [0.29, 0.717) is 11.3 Å². The largest absolute Gasteiger partial charge is 0.457 e. The Labute approximate surface area is 169 Å². The lowest BCUT2D eigenvalue weighted by molar-refractivity contribution is 0.0940. The van der Waals surface area contributed by atoms with Gasteiger partial charge in [0.1, 0.15) is 11.5 Å². The van der Waals surface area contributed by atoms with Crippen LogP contribution < -0.4 is 10.1 Å². The van der Waals surface area contributed by atoms with Crippen LogP contribution in [0.5, 0.6) is 11.5 Å². The van der Waals surface area contributed by atoms with Crippen molar-refractivity contribution in [2.45, 2.75) is 13.0 Å². The van der Waals surface area contributed by atoms with E-state index >= 15 is 0 Å². The first-order valence-corrected chi connectivity index (χ1v) is 9.41. The topological polar surface area (TPSA) is 56.1 Å². The summed E-state index contributed by atoms with van der Waals surface area (Å²) in [7, 11) is 0. The summed E-state index contributed by atoms with van der Waals surface area (Å²) >= 11 is 0. The Kier molecular flexibility index (Phi) is 5.38. The third-order valence-corrected chi connectivity index (χ3v) is 4.64. The monoisotopic (exact) mass is 383 g/mol. The molecule has 1 unspecified atom stereocenters. The number of benzene rings is 3. The molecule has 0 bridgehead atoms. The van der Waals surface area contributed by atoms with Crippen molar-refractivity contribution in [2.24, 2.45) is 0 Å². The van der Waals surface area contributed by atoms with Gasteiger partial charge in [-0.2, -0.15) is 0 Å². The van der Waals surface area contributed by atoms with Gasteiger partial charge in [-0.05, 0) is 61.0 Å². The van der Waals surface area contributed by atoms with Gasteiger partial charge in [-0.15, -0.1) is 0 Å². The first kappa shape index (κ1) is 18.5. The Hall–Kier alpha value is -3.86. The lowest BCUT2D eigenvalue weighted by atomic mass is 10.1. The summed E-state index contributed by atoms with van der Waals surface area (Å²) in [5.74, 6) is 1.33. The Bertz CT molecular complexity index is 1060. The number of nitrogens with one attached hydrogen (secondary N) is 1. The Morgan fingerprint density at radius 2 is 1.62 bits per heavy atom. The molecular formula is C24H21N3O2. The SMILES string of the molecule is CC(NC(=O)c1ccc(Oc2ccccc2)cc1)c1ccc(-n2ccnc2)cc1. The molecule has 0 saturated heterocycles. The van der Waals surface area contributed by atoms with Crippen LogP contribution in [0.25, 0.3) is 5.69 Å². The first-order chi connectivity index (χ1) is 14.2. The summed E-state index contributed by atoms with van der Waals surface area (Å²) < 4.78 is 7.70. The number of para-hydroxylation sites is 1. The van der Waals surface area contributed by atoms with Gasteiger partial charge < -0.3 is 14.6 Å². The number of amides is 1. The van der Waals surface area contributed by atoms with E-state index in [9.17, 15) is 4.79 Å². The molecule has 144 valence electrons. The fraction of sp³-hybridized carbons (Fsp3) is 0.0833. The number of ether oxygens (including phenoxy) is 1. The highest BCUT2D eigenvalue weighted by atomic mass is 16.5. The summed E-state index contributed by atoms with van der Waals surface area (Å²) in [5, 5.41) is 3.04. The number of aromatic nitrogens is 2. The maximum absolute atomic E-state index is 12.6. The van der Waals surface area contributed by atoms with Crippen LogP contribution in [-0.4, -0.2) is 15.5 Å². The average Bonchev–Trinajstić information content (AvgIpc) is 3.30. The summed E-state index contributed by atoms with van der Waals surface area (Å²) in [6.45, 7) is 1.97. The molecule has 0 saturated carbocycles. The van der Waals surface area contributed by atoms with Gasteiger partial charge in [-0.1, -0.05) is 30.3 Å². The number of rotatable bonds is 6. The van der Waals surface area contributed by atoms with Gasteiger partial charge in [-0.25, -0.2) is 4.98 Å². The maximum atomic E-state index is 12.6. The van der Waals surface area contributed by atoms with Crippen LogP contribution in [0.2, 0.25) is 0 Å². The molecule has 0 spiro atoms. The van der Waals surface area contributed by atoms with Gasteiger partial charge in [0.05, 0.1) is 12.4 Å². The molecule has 0 aliphatic carbocycles. The molecule has 5 heteroatoms. The van der Waals surface area contributed by atoms with Gasteiger partial charge in [0, 0.05) is 23.6 Å². The molecule has 1 heterocycles. The van der Waals surface area contributed by atoms with Crippen molar-refractivity contribution in [3.05, 3.63) is 109 Å². The molecule has 4 aromatic rings. The second-order valence-electron chi connectivity index (χ2n) is 6.70. The number of hydrogen-bond donors (Lipinski definition) is 1. The third kappa shape index (κ3) is 4.52. The third-order valence-electron chi connectivity index (χ3n) is 4.64. The molecule has 1 aromatic heterocycles. The second kappa shape index (κ2) is 8.44. The zero-order chi connectivity index (χ0) is 20.1. The van der Waals surface area contributed by atoms with Crippen molar-refractivity contribution in [1.82, 2.24) is 14.9 Å². The molecule has 29 heavy (non-hydrogen) atoms. The molecule has 0 aliphatic rings. The van der Waals surface area contributed by atoms with Crippen LogP contribution >= 0.6 is 0 Å². The smallest absolute Gasteiger partial charge is 0.251 e. The van der Waals surface area contributed by atoms with Gasteiger partial charge in [0.25, 0.3) is 5.91 Å². The van der Waals surface area contributed by atoms with Crippen molar-refractivity contribution in [3.63, 3.8) is 0 Å². The van der Waals surface area contributed by atoms with Crippen LogP contribution in [-0.2, 0) is 0 Å². The minimum Gasteiger partial charge on any atom is -0.457 e. The van der Waals surface area contributed by atoms with Crippen molar-refractivity contribution < 1.29 is 9.53 Å². The second-order valence-corrected chi connectivity index (χ2v) is 6.70. The summed E-state index contributed by atoms with van der Waals surface area (Å²) in [6, 6.07) is 24.6. The highest BCUT2D eigenvalue weighted by Gasteiger charge is 2.12. The predicted molar refractivity (Wildman–Crippen MR) is 112 cm³/mol. The van der Waals surface area contributed by atoms with Crippen molar-refractivity contribution in [1.29, 1.82) is 0 Å². The molecule has 0 aliphatic heterocycles. The quantitative estimate of drug-likeness (QED) is 0.501. The summed E-state index contributed by atoms with van der Waals surface area (Å²) in [6.07, 6.45) is 5.39. The van der Waals surface area contributed by atoms with Gasteiger partial charge in [-0.3, -0.25) is 4.79 Å². The van der Waals surface area contributed by atoms with Crippen LogP contribution in [0.3, 0.4) is 0 Å². The zero-order valence-electron chi connectivity index (χ0n) is 16.0. The van der Waals surface area contributed by atoms with Gasteiger partial charge in [0.15, 0.2) is 0 Å². The molecule has 0 fully saturated rings. The summed E-state index contributed by atoms with van der Waals surface area (Å²) in [4.78, 5) is 16.6. The van der Waals surface area contributed by atoms with Crippen molar-refractivity contribution in [2.75, 3.05) is 0 Å². The zero-order valence-corrected chi connectivity index (χ0v) is 16.0. The highest BCUT2D eigenvalue weighted by Crippen LogP contribution is 2.22. The Balaban J connectivity index is 1.38. The average molecular weight is 383 g/mol. The number of nitrogens with zero attached hydrogens (tertiary/aromatic N) is 2. The normalized spacial score (nSPS) is 11.6. The molecule has 5 nitrogen and oxygen atoms in total. The van der Waals surface area contributed by atoms with Gasteiger partial charge >= 0.3 is 0 Å². The van der Waals surface area contributed by atoms with Crippen LogP contribution in [0.15, 0.2) is 97.6 Å². The number of carbonyl (C=O) groups is 1. The van der Waals surface area contributed by atoms with Crippen LogP contribution in [0, 0.1) is 0 Å². The highest BCUT2D eigenvalue weighted by molar-refractivity contribution is 5.94. The van der Waals surface area contributed by atoms with Crippen molar-refractivity contribution >= 4 is 5.91 Å². The summed E-state index contributed by atoms with van der Waals surface area (Å²) in [5.41, 5.74) is 2.65. The van der Waals surface area contributed by atoms with Crippen LogP contribution in [0.1, 0.15) is 28.9 Å². The van der Waals surface area contributed by atoms with E-state index < -0.39 is 0 Å². The molecule has 3 aromatic carbocycles. The molecular weight excluding hydrogens is 362 g/mol.